The highest BCUT2D eigenvalue weighted by molar-refractivity contribution is 7.99. The summed E-state index contributed by atoms with van der Waals surface area (Å²) in [6.07, 6.45) is 3.24. The van der Waals surface area contributed by atoms with Gasteiger partial charge >= 0.3 is 0 Å². The van der Waals surface area contributed by atoms with Gasteiger partial charge in [-0.2, -0.15) is 4.98 Å². The molecule has 1 fully saturated rings. The van der Waals surface area contributed by atoms with E-state index in [0.717, 1.165) is 36.6 Å². The maximum Gasteiger partial charge on any atom is 0.250 e. The highest BCUT2D eigenvalue weighted by atomic mass is 32.2. The van der Waals surface area contributed by atoms with Gasteiger partial charge in [-0.05, 0) is 24.7 Å². The summed E-state index contributed by atoms with van der Waals surface area (Å²) >= 11 is 1.39. The zero-order valence-corrected chi connectivity index (χ0v) is 18.1. The fourth-order valence-electron chi connectivity index (χ4n) is 3.10. The van der Waals surface area contributed by atoms with Crippen molar-refractivity contribution in [3.8, 4) is 5.88 Å². The highest BCUT2D eigenvalue weighted by Crippen LogP contribution is 2.34. The minimum Gasteiger partial charge on any atom is -0.472 e. The smallest absolute Gasteiger partial charge is 0.250 e. The number of primary amides is 1. The number of nitrogens with two attached hydrogens (primary N) is 1. The van der Waals surface area contributed by atoms with Gasteiger partial charge in [0.1, 0.15) is 11.6 Å². The number of hydrogen-bond acceptors (Lipinski definition) is 8. The number of amides is 1. The molecule has 2 N–H and O–H groups in total. The van der Waals surface area contributed by atoms with Crippen LogP contribution in [0.2, 0.25) is 0 Å². The van der Waals surface area contributed by atoms with Crippen LogP contribution in [0.3, 0.4) is 0 Å². The van der Waals surface area contributed by atoms with Crippen molar-refractivity contribution in [2.75, 3.05) is 38.1 Å². The van der Waals surface area contributed by atoms with Crippen molar-refractivity contribution in [1.29, 1.82) is 0 Å². The number of aromatic nitrogens is 3. The van der Waals surface area contributed by atoms with E-state index in [2.05, 4.69) is 26.8 Å². The van der Waals surface area contributed by atoms with Gasteiger partial charge in [0, 0.05) is 32.4 Å². The van der Waals surface area contributed by atoms with Crippen molar-refractivity contribution in [2.45, 2.75) is 16.5 Å². The number of pyridine rings is 1. The molecule has 31 heavy (non-hydrogen) atoms. The van der Waals surface area contributed by atoms with E-state index in [-0.39, 0.29) is 0 Å². The van der Waals surface area contributed by atoms with Gasteiger partial charge in [0.05, 0.1) is 16.7 Å². The minimum atomic E-state index is -0.504. The number of anilines is 1. The van der Waals surface area contributed by atoms with E-state index in [1.54, 1.807) is 18.3 Å². The van der Waals surface area contributed by atoms with Gasteiger partial charge in [0.2, 0.25) is 17.7 Å². The molecule has 4 rings (SSSR count). The topological polar surface area (TPSA) is 97.5 Å². The molecule has 0 unspecified atom stereocenters. The summed E-state index contributed by atoms with van der Waals surface area (Å²) in [5.74, 6) is 0.673. The molecule has 9 heteroatoms. The van der Waals surface area contributed by atoms with E-state index in [4.69, 9.17) is 15.5 Å². The lowest BCUT2D eigenvalue weighted by molar-refractivity contribution is 0.1000. The van der Waals surface area contributed by atoms with Gasteiger partial charge in [0.25, 0.3) is 0 Å². The summed E-state index contributed by atoms with van der Waals surface area (Å²) in [5.41, 5.74) is 6.72. The van der Waals surface area contributed by atoms with E-state index in [1.165, 1.54) is 18.0 Å². The van der Waals surface area contributed by atoms with E-state index in [9.17, 15) is 4.79 Å². The Morgan fingerprint density at radius 3 is 2.52 bits per heavy atom. The average molecular weight is 437 g/mol. The van der Waals surface area contributed by atoms with Crippen LogP contribution in [0.1, 0.15) is 15.9 Å². The number of benzene rings is 1. The maximum atomic E-state index is 11.3. The Bertz CT molecular complexity index is 1020. The Morgan fingerprint density at radius 2 is 1.84 bits per heavy atom. The number of hydrogen-bond donors (Lipinski definition) is 1. The van der Waals surface area contributed by atoms with Crippen molar-refractivity contribution < 1.29 is 9.53 Å². The van der Waals surface area contributed by atoms with E-state index >= 15 is 0 Å². The van der Waals surface area contributed by atoms with Crippen LogP contribution in [-0.4, -0.2) is 59.0 Å². The highest BCUT2D eigenvalue weighted by Gasteiger charge is 2.19. The van der Waals surface area contributed by atoms with Crippen LogP contribution in [0, 0.1) is 0 Å². The molecule has 0 spiro atoms. The molecule has 0 aliphatic carbocycles. The first kappa shape index (κ1) is 21.1. The number of ether oxygens (including phenoxy) is 1. The summed E-state index contributed by atoms with van der Waals surface area (Å²) in [6.45, 7) is 4.09. The van der Waals surface area contributed by atoms with Crippen molar-refractivity contribution in [2.24, 2.45) is 5.73 Å². The third-order valence-electron chi connectivity index (χ3n) is 4.95. The quantitative estimate of drug-likeness (QED) is 0.603. The SMILES string of the molecule is CN1CCN(c2ncc(Sc3ccc(C(N)=O)cn3)c(OCc3ccccc3)n2)CC1. The number of carbonyl (C=O) groups is 1. The number of rotatable bonds is 7. The Kier molecular flexibility index (Phi) is 6.63. The Morgan fingerprint density at radius 1 is 1.06 bits per heavy atom. The van der Waals surface area contributed by atoms with E-state index in [0.29, 0.717) is 29.0 Å². The maximum absolute atomic E-state index is 11.3. The summed E-state index contributed by atoms with van der Waals surface area (Å²) in [5, 5.41) is 0.700. The lowest BCUT2D eigenvalue weighted by Gasteiger charge is -2.32. The molecule has 1 aromatic carbocycles. The molecule has 8 nitrogen and oxygen atoms in total. The van der Waals surface area contributed by atoms with Crippen molar-refractivity contribution in [3.05, 3.63) is 66.0 Å². The Balaban J connectivity index is 1.57. The van der Waals surface area contributed by atoms with Gasteiger partial charge in [-0.1, -0.05) is 42.1 Å². The van der Waals surface area contributed by atoms with E-state index < -0.39 is 5.91 Å². The van der Waals surface area contributed by atoms with Gasteiger partial charge in [-0.15, -0.1) is 0 Å². The molecule has 0 bridgehead atoms. The number of piperazine rings is 1. The van der Waals surface area contributed by atoms with Gasteiger partial charge in [0.15, 0.2) is 0 Å². The molecule has 1 aliphatic rings. The Labute approximate surface area is 185 Å². The monoisotopic (exact) mass is 436 g/mol. The van der Waals surface area contributed by atoms with Crippen LogP contribution in [0.25, 0.3) is 0 Å². The second-order valence-electron chi connectivity index (χ2n) is 7.26. The molecule has 160 valence electrons. The number of carbonyl (C=O) groups excluding carboxylic acids is 1. The molecule has 1 saturated heterocycles. The van der Waals surface area contributed by atoms with Crippen molar-refractivity contribution in [3.63, 3.8) is 0 Å². The van der Waals surface area contributed by atoms with Crippen LogP contribution in [0.4, 0.5) is 5.95 Å². The third-order valence-corrected chi connectivity index (χ3v) is 5.90. The summed E-state index contributed by atoms with van der Waals surface area (Å²) < 4.78 is 6.10. The fraction of sp³-hybridized carbons (Fsp3) is 0.273. The van der Waals surface area contributed by atoms with Crippen LogP contribution in [0.5, 0.6) is 5.88 Å². The normalized spacial score (nSPS) is 14.4. The molecule has 0 atom stereocenters. The Hall–Kier alpha value is -3.17. The molecule has 1 amide bonds. The van der Waals surface area contributed by atoms with Gasteiger partial charge < -0.3 is 20.3 Å². The zero-order valence-electron chi connectivity index (χ0n) is 17.3. The predicted molar refractivity (Wildman–Crippen MR) is 119 cm³/mol. The lowest BCUT2D eigenvalue weighted by atomic mass is 10.2. The van der Waals surface area contributed by atoms with Crippen molar-refractivity contribution >= 4 is 23.6 Å². The number of likely N-dealkylation sites (N-methyl/N-ethyl adjacent to an activating group) is 1. The molecule has 2 aromatic heterocycles. The average Bonchev–Trinajstić information content (AvgIpc) is 2.80. The van der Waals surface area contributed by atoms with E-state index in [1.807, 2.05) is 30.3 Å². The summed E-state index contributed by atoms with van der Waals surface area (Å²) in [6, 6.07) is 13.4. The molecular formula is C22H24N6O2S. The van der Waals surface area contributed by atoms with Crippen LogP contribution < -0.4 is 15.4 Å². The molecule has 0 radical (unpaired) electrons. The second kappa shape index (κ2) is 9.76. The first-order valence-corrected chi connectivity index (χ1v) is 10.8. The lowest BCUT2D eigenvalue weighted by Crippen LogP contribution is -2.45. The van der Waals surface area contributed by atoms with Crippen LogP contribution in [0.15, 0.2) is 64.8 Å². The molecule has 0 saturated carbocycles. The minimum absolute atomic E-state index is 0.367. The van der Waals surface area contributed by atoms with Crippen LogP contribution in [-0.2, 0) is 6.61 Å². The first-order chi connectivity index (χ1) is 15.1. The predicted octanol–water partition coefficient (Wildman–Crippen LogP) is 2.45. The second-order valence-corrected chi connectivity index (χ2v) is 8.32. The third kappa shape index (κ3) is 5.50. The van der Waals surface area contributed by atoms with Crippen molar-refractivity contribution in [1.82, 2.24) is 19.9 Å². The fourth-order valence-corrected chi connectivity index (χ4v) is 3.87. The zero-order chi connectivity index (χ0) is 21.6. The summed E-state index contributed by atoms with van der Waals surface area (Å²) in [7, 11) is 2.11. The molecule has 3 heterocycles. The van der Waals surface area contributed by atoms with Gasteiger partial charge in [-0.25, -0.2) is 9.97 Å². The molecule has 3 aromatic rings. The summed E-state index contributed by atoms with van der Waals surface area (Å²) in [4.78, 5) is 30.1. The number of nitrogens with zero attached hydrogens (tertiary/aromatic N) is 5. The first-order valence-electron chi connectivity index (χ1n) is 9.99. The van der Waals surface area contributed by atoms with Gasteiger partial charge in [-0.3, -0.25) is 4.79 Å². The van der Waals surface area contributed by atoms with Crippen LogP contribution >= 0.6 is 11.8 Å². The largest absolute Gasteiger partial charge is 0.472 e. The molecule has 1 aliphatic heterocycles. The molecular weight excluding hydrogens is 412 g/mol. The standard InChI is InChI=1S/C22H24N6O2S/c1-27-9-11-28(12-10-27)22-25-14-18(31-19-8-7-17(13-24-19)20(23)29)21(26-22)30-15-16-5-3-2-4-6-16/h2-8,13-14H,9-12,15H2,1H3,(H2,23,29).